The summed E-state index contributed by atoms with van der Waals surface area (Å²) in [7, 11) is 5.35. The molecule has 8 nitrogen and oxygen atoms in total. The molecule has 1 saturated heterocycles. The van der Waals surface area contributed by atoms with Crippen LogP contribution in [0.2, 0.25) is 0 Å². The van der Waals surface area contributed by atoms with Crippen LogP contribution < -0.4 is 14.4 Å². The Balaban J connectivity index is 1.34. The zero-order chi connectivity index (χ0) is 29.2. The third kappa shape index (κ3) is 5.14. The molecule has 8 heteroatoms. The summed E-state index contributed by atoms with van der Waals surface area (Å²) in [6, 6.07) is 25.1. The van der Waals surface area contributed by atoms with Crippen molar-refractivity contribution in [1.82, 2.24) is 14.4 Å². The third-order valence-electron chi connectivity index (χ3n) is 8.32. The number of hydrogen-bond donors (Lipinski definition) is 0. The van der Waals surface area contributed by atoms with Gasteiger partial charge in [-0.15, -0.1) is 0 Å². The number of nitrogens with zero attached hydrogens (tertiary/aromatic N) is 4. The molecule has 0 unspecified atom stereocenters. The van der Waals surface area contributed by atoms with Crippen LogP contribution in [0.3, 0.4) is 0 Å². The monoisotopic (exact) mass is 564 g/mol. The van der Waals surface area contributed by atoms with Crippen molar-refractivity contribution in [1.29, 1.82) is 0 Å². The first-order chi connectivity index (χ1) is 20.5. The van der Waals surface area contributed by atoms with Gasteiger partial charge in [0.1, 0.15) is 17.2 Å². The van der Waals surface area contributed by atoms with Crippen molar-refractivity contribution >= 4 is 17.5 Å². The maximum absolute atomic E-state index is 14.2. The number of hydrogen-bond acceptors (Lipinski definition) is 5. The first-order valence-corrected chi connectivity index (χ1v) is 14.4. The molecule has 1 aromatic heterocycles. The summed E-state index contributed by atoms with van der Waals surface area (Å²) in [6.07, 6.45) is 0.959. The highest BCUT2D eigenvalue weighted by atomic mass is 16.5. The summed E-state index contributed by atoms with van der Waals surface area (Å²) in [4.78, 5) is 33.9. The van der Waals surface area contributed by atoms with Gasteiger partial charge in [-0.1, -0.05) is 36.4 Å². The minimum atomic E-state index is -0.134. The average molecular weight is 565 g/mol. The number of carbonyl (C=O) groups is 2. The summed E-state index contributed by atoms with van der Waals surface area (Å²) in [5.74, 6) is 1.23. The lowest BCUT2D eigenvalue weighted by Crippen LogP contribution is -2.35. The normalized spacial score (nSPS) is 15.3. The molecular formula is C34H36N4O4. The van der Waals surface area contributed by atoms with Gasteiger partial charge in [0.15, 0.2) is 0 Å². The molecule has 0 aliphatic carbocycles. The zero-order valence-corrected chi connectivity index (χ0v) is 24.4. The number of ether oxygens (including phenoxy) is 2. The lowest BCUT2D eigenvalue weighted by Gasteiger charge is -2.23. The van der Waals surface area contributed by atoms with Crippen LogP contribution in [0.25, 0.3) is 11.1 Å². The topological polar surface area (TPSA) is 67.2 Å². The zero-order valence-electron chi connectivity index (χ0n) is 24.4. The fourth-order valence-electron chi connectivity index (χ4n) is 6.01. The van der Waals surface area contributed by atoms with Gasteiger partial charge in [-0.25, -0.2) is 0 Å². The van der Waals surface area contributed by atoms with Crippen LogP contribution in [-0.2, 0) is 13.1 Å². The Bertz CT molecular complexity index is 1630. The van der Waals surface area contributed by atoms with Crippen LogP contribution >= 0.6 is 0 Å². The van der Waals surface area contributed by atoms with Crippen molar-refractivity contribution < 1.29 is 19.1 Å². The number of anilines is 1. The Hall–Kier alpha value is -4.56. The molecule has 2 aliphatic heterocycles. The smallest absolute Gasteiger partial charge is 0.270 e. The van der Waals surface area contributed by atoms with Crippen molar-refractivity contribution in [2.75, 3.05) is 52.3 Å². The summed E-state index contributed by atoms with van der Waals surface area (Å²) >= 11 is 0. The van der Waals surface area contributed by atoms with Crippen LogP contribution in [0.5, 0.6) is 11.5 Å². The van der Waals surface area contributed by atoms with Gasteiger partial charge in [-0.05, 0) is 68.0 Å². The fourth-order valence-corrected chi connectivity index (χ4v) is 6.01. The van der Waals surface area contributed by atoms with Gasteiger partial charge < -0.3 is 28.7 Å². The highest BCUT2D eigenvalue weighted by Crippen LogP contribution is 2.38. The molecule has 216 valence electrons. The summed E-state index contributed by atoms with van der Waals surface area (Å²) < 4.78 is 13.4. The number of benzene rings is 3. The third-order valence-corrected chi connectivity index (χ3v) is 8.32. The number of fused-ring (bicyclic) bond motifs is 2. The van der Waals surface area contributed by atoms with Gasteiger partial charge in [-0.2, -0.15) is 0 Å². The molecule has 0 atom stereocenters. The van der Waals surface area contributed by atoms with Crippen molar-refractivity contribution in [2.45, 2.75) is 19.5 Å². The summed E-state index contributed by atoms with van der Waals surface area (Å²) in [5, 5.41) is 0. The second-order valence-corrected chi connectivity index (χ2v) is 10.9. The van der Waals surface area contributed by atoms with Crippen LogP contribution in [-0.4, -0.2) is 73.6 Å². The second kappa shape index (κ2) is 11.7. The number of rotatable bonds is 5. The Labute approximate surface area is 246 Å². The van der Waals surface area contributed by atoms with E-state index in [-0.39, 0.29) is 11.8 Å². The number of carbonyl (C=O) groups excluding carboxylic acids is 2. The van der Waals surface area contributed by atoms with Gasteiger partial charge in [0, 0.05) is 47.7 Å². The number of aromatic nitrogens is 1. The molecule has 42 heavy (non-hydrogen) atoms. The number of likely N-dealkylation sites (N-methyl/N-ethyl adjacent to an activating group) is 1. The molecule has 1 fully saturated rings. The highest BCUT2D eigenvalue weighted by Gasteiger charge is 2.29. The molecule has 6 rings (SSSR count). The van der Waals surface area contributed by atoms with E-state index in [2.05, 4.69) is 16.5 Å². The predicted molar refractivity (Wildman–Crippen MR) is 163 cm³/mol. The average Bonchev–Trinajstić information content (AvgIpc) is 3.18. The van der Waals surface area contributed by atoms with E-state index >= 15 is 0 Å². The van der Waals surface area contributed by atoms with Gasteiger partial charge >= 0.3 is 0 Å². The van der Waals surface area contributed by atoms with E-state index < -0.39 is 0 Å². The van der Waals surface area contributed by atoms with Crippen LogP contribution in [0.1, 0.15) is 38.5 Å². The number of methoxy groups -OCH3 is 2. The minimum absolute atomic E-state index is 0.0467. The molecule has 0 radical (unpaired) electrons. The van der Waals surface area contributed by atoms with E-state index in [4.69, 9.17) is 9.47 Å². The van der Waals surface area contributed by atoms with Gasteiger partial charge in [-0.3, -0.25) is 9.59 Å². The molecule has 0 saturated carbocycles. The first kappa shape index (κ1) is 27.6. The Morgan fingerprint density at radius 2 is 1.48 bits per heavy atom. The predicted octanol–water partition coefficient (Wildman–Crippen LogP) is 5.16. The molecule has 0 N–H and O–H groups in total. The van der Waals surface area contributed by atoms with Crippen molar-refractivity contribution in [3.8, 4) is 22.6 Å². The quantitative estimate of drug-likeness (QED) is 0.335. The van der Waals surface area contributed by atoms with Crippen LogP contribution in [0.4, 0.5) is 5.69 Å². The number of amides is 2. The summed E-state index contributed by atoms with van der Waals surface area (Å²) in [5.41, 5.74) is 5.68. The van der Waals surface area contributed by atoms with Crippen LogP contribution in [0.15, 0.2) is 78.9 Å². The first-order valence-electron chi connectivity index (χ1n) is 14.4. The van der Waals surface area contributed by atoms with Crippen molar-refractivity contribution in [3.05, 3.63) is 101 Å². The van der Waals surface area contributed by atoms with E-state index in [1.807, 2.05) is 77.7 Å². The standard InChI is InChI=1S/C34H36N4O4/c1-35-17-8-18-36(20-19-35)34(40)30-16-14-26-23-38(29-11-6-4-9-25(29)22-37(26)30)33(39)24-13-15-28(32(21-24)42-3)27-10-5-7-12-31(27)41-2/h4-7,9-16,21H,8,17-20,22-23H2,1-3H3. The lowest BCUT2D eigenvalue weighted by atomic mass is 10.0. The van der Waals surface area contributed by atoms with Gasteiger partial charge in [0.25, 0.3) is 11.8 Å². The van der Waals surface area contributed by atoms with E-state index in [1.54, 1.807) is 25.2 Å². The Morgan fingerprint density at radius 3 is 2.31 bits per heavy atom. The second-order valence-electron chi connectivity index (χ2n) is 10.9. The molecular weight excluding hydrogens is 528 g/mol. The van der Waals surface area contributed by atoms with Crippen molar-refractivity contribution in [2.24, 2.45) is 0 Å². The minimum Gasteiger partial charge on any atom is -0.496 e. The maximum Gasteiger partial charge on any atom is 0.270 e. The van der Waals surface area contributed by atoms with Gasteiger partial charge in [0.2, 0.25) is 0 Å². The molecule has 2 aliphatic rings. The Kier molecular flexibility index (Phi) is 7.71. The largest absolute Gasteiger partial charge is 0.496 e. The van der Waals surface area contributed by atoms with E-state index in [1.165, 1.54) is 0 Å². The maximum atomic E-state index is 14.2. The lowest BCUT2D eigenvalue weighted by molar-refractivity contribution is 0.0752. The molecule has 2 amide bonds. The van der Waals surface area contributed by atoms with E-state index in [0.717, 1.165) is 59.9 Å². The SMILES string of the molecule is COc1ccccc1-c1ccc(C(=O)N2Cc3ccc(C(=O)N4CCCN(C)CC4)n3Cc3ccccc32)cc1OC. The van der Waals surface area contributed by atoms with E-state index in [9.17, 15) is 9.59 Å². The van der Waals surface area contributed by atoms with Crippen LogP contribution in [0, 0.1) is 0 Å². The molecule has 3 aromatic carbocycles. The number of para-hydroxylation sites is 2. The molecule has 0 bridgehead atoms. The van der Waals surface area contributed by atoms with Crippen molar-refractivity contribution in [3.63, 3.8) is 0 Å². The molecule has 3 heterocycles. The fraction of sp³-hybridized carbons (Fsp3) is 0.294. The molecule has 4 aromatic rings. The van der Waals surface area contributed by atoms with Gasteiger partial charge in [0.05, 0.1) is 27.3 Å². The highest BCUT2D eigenvalue weighted by molar-refractivity contribution is 6.07. The van der Waals surface area contributed by atoms with E-state index in [0.29, 0.717) is 36.6 Å². The summed E-state index contributed by atoms with van der Waals surface area (Å²) in [6.45, 7) is 4.19. The molecule has 0 spiro atoms. The Morgan fingerprint density at radius 1 is 0.714 bits per heavy atom.